The number of benzene rings is 1. The zero-order chi connectivity index (χ0) is 16.7. The Balaban J connectivity index is 1.40. The Morgan fingerprint density at radius 3 is 2.75 bits per heavy atom. The molecule has 130 valence electrons. The van der Waals surface area contributed by atoms with Crippen molar-refractivity contribution < 1.29 is 4.74 Å². The first kappa shape index (κ1) is 17.4. The minimum atomic E-state index is 0.336. The van der Waals surface area contributed by atoms with Crippen molar-refractivity contribution in [3.63, 3.8) is 0 Å². The van der Waals surface area contributed by atoms with Gasteiger partial charge in [-0.1, -0.05) is 29.8 Å². The molecule has 0 saturated heterocycles. The SMILES string of the molecule is CN=C(NCCC1=CCOCC1)NCC1(Sc2ccccc2)CC1. The van der Waals surface area contributed by atoms with E-state index in [0.717, 1.165) is 45.1 Å². The minimum Gasteiger partial charge on any atom is -0.377 e. The topological polar surface area (TPSA) is 45.7 Å². The van der Waals surface area contributed by atoms with Crippen molar-refractivity contribution in [2.45, 2.75) is 35.3 Å². The number of nitrogens with one attached hydrogen (secondary N) is 2. The molecular formula is C19H27N3OS. The number of rotatable bonds is 7. The molecule has 1 fully saturated rings. The van der Waals surface area contributed by atoms with E-state index in [9.17, 15) is 0 Å². The first-order chi connectivity index (χ1) is 11.8. The number of hydrogen-bond donors (Lipinski definition) is 2. The van der Waals surface area contributed by atoms with Gasteiger partial charge in [0.2, 0.25) is 0 Å². The highest BCUT2D eigenvalue weighted by molar-refractivity contribution is 8.01. The fourth-order valence-electron chi connectivity index (χ4n) is 2.79. The van der Waals surface area contributed by atoms with E-state index in [4.69, 9.17) is 4.74 Å². The monoisotopic (exact) mass is 345 g/mol. The molecular weight excluding hydrogens is 318 g/mol. The minimum absolute atomic E-state index is 0.336. The summed E-state index contributed by atoms with van der Waals surface area (Å²) in [5.74, 6) is 0.905. The van der Waals surface area contributed by atoms with Crippen LogP contribution in [-0.2, 0) is 4.74 Å². The average Bonchev–Trinajstić information content (AvgIpc) is 3.39. The van der Waals surface area contributed by atoms with Gasteiger partial charge in [-0.15, -0.1) is 11.8 Å². The fraction of sp³-hybridized carbons (Fsp3) is 0.526. The van der Waals surface area contributed by atoms with Crippen molar-refractivity contribution in [3.05, 3.63) is 42.0 Å². The normalized spacial score (nSPS) is 19.5. The zero-order valence-corrected chi connectivity index (χ0v) is 15.2. The molecule has 0 spiro atoms. The van der Waals surface area contributed by atoms with Crippen LogP contribution in [0.25, 0.3) is 0 Å². The molecule has 1 aromatic carbocycles. The molecule has 0 unspecified atom stereocenters. The van der Waals surface area contributed by atoms with E-state index in [1.807, 2.05) is 18.8 Å². The van der Waals surface area contributed by atoms with Crippen LogP contribution >= 0.6 is 11.8 Å². The van der Waals surface area contributed by atoms with Crippen molar-refractivity contribution >= 4 is 17.7 Å². The van der Waals surface area contributed by atoms with Crippen LogP contribution in [0.2, 0.25) is 0 Å². The maximum absolute atomic E-state index is 5.34. The largest absolute Gasteiger partial charge is 0.377 e. The summed E-state index contributed by atoms with van der Waals surface area (Å²) in [6.07, 6.45) is 6.86. The Labute approximate surface area is 149 Å². The summed E-state index contributed by atoms with van der Waals surface area (Å²) in [5.41, 5.74) is 1.49. The van der Waals surface area contributed by atoms with E-state index < -0.39 is 0 Å². The van der Waals surface area contributed by atoms with E-state index in [-0.39, 0.29) is 0 Å². The molecule has 0 bridgehead atoms. The van der Waals surface area contributed by atoms with Crippen LogP contribution in [0.15, 0.2) is 51.9 Å². The van der Waals surface area contributed by atoms with Gasteiger partial charge in [0.1, 0.15) is 0 Å². The van der Waals surface area contributed by atoms with Gasteiger partial charge < -0.3 is 15.4 Å². The van der Waals surface area contributed by atoms with Crippen molar-refractivity contribution in [1.82, 2.24) is 10.6 Å². The maximum atomic E-state index is 5.34. The average molecular weight is 346 g/mol. The maximum Gasteiger partial charge on any atom is 0.191 e. The number of thioether (sulfide) groups is 1. The molecule has 3 rings (SSSR count). The summed E-state index contributed by atoms with van der Waals surface area (Å²) in [7, 11) is 1.84. The lowest BCUT2D eigenvalue weighted by Crippen LogP contribution is -2.41. The van der Waals surface area contributed by atoms with Gasteiger partial charge in [-0.3, -0.25) is 4.99 Å². The predicted octanol–water partition coefficient (Wildman–Crippen LogP) is 3.21. The van der Waals surface area contributed by atoms with Gasteiger partial charge in [0.15, 0.2) is 5.96 Å². The first-order valence-corrected chi connectivity index (χ1v) is 9.56. The summed E-state index contributed by atoms with van der Waals surface area (Å²) in [4.78, 5) is 5.70. The first-order valence-electron chi connectivity index (χ1n) is 8.74. The van der Waals surface area contributed by atoms with Crippen LogP contribution in [0.5, 0.6) is 0 Å². The Morgan fingerprint density at radius 1 is 1.25 bits per heavy atom. The van der Waals surface area contributed by atoms with E-state index in [2.05, 4.69) is 52.0 Å². The summed E-state index contributed by atoms with van der Waals surface area (Å²) in [6, 6.07) is 10.7. The highest BCUT2D eigenvalue weighted by Gasteiger charge is 2.43. The number of guanidine groups is 1. The van der Waals surface area contributed by atoms with Gasteiger partial charge in [0, 0.05) is 29.8 Å². The van der Waals surface area contributed by atoms with Gasteiger partial charge in [-0.05, 0) is 37.8 Å². The summed E-state index contributed by atoms with van der Waals surface area (Å²) in [5, 5.41) is 6.93. The van der Waals surface area contributed by atoms with Gasteiger partial charge in [-0.2, -0.15) is 0 Å². The summed E-state index contributed by atoms with van der Waals surface area (Å²) in [6.45, 7) is 3.51. The molecule has 0 amide bonds. The quantitative estimate of drug-likeness (QED) is 0.452. The Bertz CT molecular complexity index is 582. The van der Waals surface area contributed by atoms with Gasteiger partial charge in [-0.25, -0.2) is 0 Å². The number of ether oxygens (including phenoxy) is 1. The Hall–Kier alpha value is -1.46. The predicted molar refractivity (Wildman–Crippen MR) is 102 cm³/mol. The van der Waals surface area contributed by atoms with Crippen LogP contribution in [0, 0.1) is 0 Å². The molecule has 4 nitrogen and oxygen atoms in total. The molecule has 1 aliphatic heterocycles. The molecule has 1 heterocycles. The van der Waals surface area contributed by atoms with Crippen LogP contribution in [0.3, 0.4) is 0 Å². The van der Waals surface area contributed by atoms with Crippen molar-refractivity contribution in [2.75, 3.05) is 33.4 Å². The van der Waals surface area contributed by atoms with Gasteiger partial charge in [0.05, 0.1) is 13.2 Å². The van der Waals surface area contributed by atoms with Crippen molar-refractivity contribution in [2.24, 2.45) is 4.99 Å². The van der Waals surface area contributed by atoms with E-state index >= 15 is 0 Å². The molecule has 0 radical (unpaired) electrons. The summed E-state index contributed by atoms with van der Waals surface area (Å²) < 4.78 is 5.68. The molecule has 1 aliphatic carbocycles. The Morgan fingerprint density at radius 2 is 2.08 bits per heavy atom. The molecule has 0 aromatic heterocycles. The highest BCUT2D eigenvalue weighted by Crippen LogP contribution is 2.51. The molecule has 2 aliphatic rings. The molecule has 24 heavy (non-hydrogen) atoms. The van der Waals surface area contributed by atoms with E-state index in [0.29, 0.717) is 4.75 Å². The van der Waals surface area contributed by atoms with E-state index in [1.165, 1.54) is 23.3 Å². The van der Waals surface area contributed by atoms with Gasteiger partial charge in [0.25, 0.3) is 0 Å². The molecule has 5 heteroatoms. The third kappa shape index (κ3) is 5.28. The second kappa shape index (κ2) is 8.58. The molecule has 2 N–H and O–H groups in total. The van der Waals surface area contributed by atoms with E-state index in [1.54, 1.807) is 0 Å². The smallest absolute Gasteiger partial charge is 0.191 e. The second-order valence-electron chi connectivity index (χ2n) is 6.39. The van der Waals surface area contributed by atoms with Crippen LogP contribution < -0.4 is 10.6 Å². The van der Waals surface area contributed by atoms with Crippen molar-refractivity contribution in [1.29, 1.82) is 0 Å². The molecule has 0 atom stereocenters. The lowest BCUT2D eigenvalue weighted by molar-refractivity contribution is 0.153. The van der Waals surface area contributed by atoms with Crippen LogP contribution in [0.1, 0.15) is 25.7 Å². The lowest BCUT2D eigenvalue weighted by atomic mass is 10.1. The molecule has 1 saturated carbocycles. The standard InChI is InChI=1S/C19H27N3OS/c1-20-18(21-12-7-16-8-13-23-14-9-16)22-15-19(10-11-19)24-17-5-3-2-4-6-17/h2-6,8H,7,9-15H2,1H3,(H2,20,21,22). The number of aliphatic imine (C=N–C) groups is 1. The van der Waals surface area contributed by atoms with Crippen LogP contribution in [0.4, 0.5) is 0 Å². The summed E-state index contributed by atoms with van der Waals surface area (Å²) >= 11 is 1.99. The third-order valence-corrected chi connectivity index (χ3v) is 5.98. The highest BCUT2D eigenvalue weighted by atomic mass is 32.2. The zero-order valence-electron chi connectivity index (χ0n) is 14.4. The van der Waals surface area contributed by atoms with Crippen molar-refractivity contribution in [3.8, 4) is 0 Å². The number of nitrogens with zero attached hydrogens (tertiary/aromatic N) is 1. The van der Waals surface area contributed by atoms with Gasteiger partial charge >= 0.3 is 0 Å². The van der Waals surface area contributed by atoms with Crippen LogP contribution in [-0.4, -0.2) is 44.1 Å². The fourth-order valence-corrected chi connectivity index (χ4v) is 4.04. The number of hydrogen-bond acceptors (Lipinski definition) is 3. The third-order valence-electron chi connectivity index (χ3n) is 4.48. The Kier molecular flexibility index (Phi) is 6.21. The lowest BCUT2D eigenvalue weighted by Gasteiger charge is -2.19. The molecule has 1 aromatic rings. The second-order valence-corrected chi connectivity index (χ2v) is 7.93.